The van der Waals surface area contributed by atoms with Crippen molar-refractivity contribution in [3.63, 3.8) is 0 Å². The molecule has 116 valence electrons. The molecule has 22 heavy (non-hydrogen) atoms. The van der Waals surface area contributed by atoms with Gasteiger partial charge in [-0.1, -0.05) is 12.1 Å². The van der Waals surface area contributed by atoms with Crippen molar-refractivity contribution < 1.29 is 17.6 Å². The molecule has 7 heteroatoms. The maximum atomic E-state index is 12.2. The quantitative estimate of drug-likeness (QED) is 0.760. The zero-order valence-electron chi connectivity index (χ0n) is 11.8. The topological polar surface area (TPSA) is 88.4 Å². The van der Waals surface area contributed by atoms with Crippen molar-refractivity contribution in [3.05, 3.63) is 66.6 Å². The second kappa shape index (κ2) is 7.06. The lowest BCUT2D eigenvalue weighted by Crippen LogP contribution is -2.25. The molecule has 0 bridgehead atoms. The second-order valence-corrected chi connectivity index (χ2v) is 6.20. The Morgan fingerprint density at radius 1 is 1.27 bits per heavy atom. The molecule has 0 saturated heterocycles. The number of benzene rings is 1. The van der Waals surface area contributed by atoms with E-state index in [1.807, 2.05) is 0 Å². The Balaban J connectivity index is 2.13. The highest BCUT2D eigenvalue weighted by Gasteiger charge is 2.16. The summed E-state index contributed by atoms with van der Waals surface area (Å²) in [5.74, 6) is 0.145. The minimum atomic E-state index is -3.72. The van der Waals surface area contributed by atoms with E-state index in [4.69, 9.17) is 4.42 Å². The van der Waals surface area contributed by atoms with Gasteiger partial charge in [0.25, 0.3) is 5.91 Å². The molecule has 1 aromatic carbocycles. The number of carbonyl (C=O) groups excluding carboxylic acids is 1. The number of furan rings is 1. The summed E-state index contributed by atoms with van der Waals surface area (Å²) in [5.41, 5.74) is 0.266. The smallest absolute Gasteiger partial charge is 0.251 e. The van der Waals surface area contributed by atoms with Gasteiger partial charge in [0, 0.05) is 12.1 Å². The van der Waals surface area contributed by atoms with Crippen LogP contribution in [0.3, 0.4) is 0 Å². The average molecular weight is 320 g/mol. The van der Waals surface area contributed by atoms with Crippen LogP contribution in [0, 0.1) is 0 Å². The maximum absolute atomic E-state index is 12.2. The van der Waals surface area contributed by atoms with Crippen molar-refractivity contribution in [2.75, 3.05) is 6.54 Å². The van der Waals surface area contributed by atoms with Crippen LogP contribution >= 0.6 is 0 Å². The van der Waals surface area contributed by atoms with Gasteiger partial charge in [-0.2, -0.15) is 0 Å². The third-order valence-electron chi connectivity index (χ3n) is 2.83. The normalized spacial score (nSPS) is 11.1. The summed E-state index contributed by atoms with van der Waals surface area (Å²) in [7, 11) is -3.72. The van der Waals surface area contributed by atoms with Crippen molar-refractivity contribution >= 4 is 15.9 Å². The van der Waals surface area contributed by atoms with Crippen LogP contribution in [0.4, 0.5) is 0 Å². The van der Waals surface area contributed by atoms with E-state index in [1.165, 1.54) is 24.5 Å². The Hall–Kier alpha value is -2.38. The van der Waals surface area contributed by atoms with Gasteiger partial charge in [-0.05, 0) is 30.3 Å². The first-order valence-corrected chi connectivity index (χ1v) is 8.02. The van der Waals surface area contributed by atoms with Gasteiger partial charge in [0.1, 0.15) is 5.76 Å². The minimum absolute atomic E-state index is 0.0188. The van der Waals surface area contributed by atoms with E-state index >= 15 is 0 Å². The fraction of sp³-hybridized carbons (Fsp3) is 0.133. The van der Waals surface area contributed by atoms with Gasteiger partial charge in [-0.15, -0.1) is 6.58 Å². The lowest BCUT2D eigenvalue weighted by molar-refractivity contribution is 0.0958. The number of amides is 1. The summed E-state index contributed by atoms with van der Waals surface area (Å²) in [6.07, 6.45) is 3.01. The van der Waals surface area contributed by atoms with Crippen LogP contribution in [-0.4, -0.2) is 20.9 Å². The number of carbonyl (C=O) groups is 1. The van der Waals surface area contributed by atoms with Crippen LogP contribution in [0.2, 0.25) is 0 Å². The molecule has 6 nitrogen and oxygen atoms in total. The number of nitrogens with one attached hydrogen (secondary N) is 2. The fourth-order valence-corrected chi connectivity index (χ4v) is 2.77. The largest absolute Gasteiger partial charge is 0.468 e. The molecule has 0 aliphatic carbocycles. The Labute approximate surface area is 128 Å². The van der Waals surface area contributed by atoms with Crippen LogP contribution in [0.15, 0.2) is 64.6 Å². The molecule has 0 spiro atoms. The Kier molecular flexibility index (Phi) is 5.13. The molecular weight excluding hydrogens is 304 g/mol. The summed E-state index contributed by atoms with van der Waals surface area (Å²) in [6, 6.07) is 9.15. The molecule has 0 aliphatic rings. The van der Waals surface area contributed by atoms with E-state index in [0.29, 0.717) is 12.3 Å². The first-order chi connectivity index (χ1) is 10.5. The third-order valence-corrected chi connectivity index (χ3v) is 4.23. The van der Waals surface area contributed by atoms with Gasteiger partial charge in [0.05, 0.1) is 17.7 Å². The Morgan fingerprint density at radius 2 is 2.09 bits per heavy atom. The van der Waals surface area contributed by atoms with Crippen LogP contribution < -0.4 is 10.0 Å². The monoisotopic (exact) mass is 320 g/mol. The molecule has 2 rings (SSSR count). The SMILES string of the molecule is C=CCNC(=O)c1cccc(S(=O)(=O)NCc2ccco2)c1. The van der Waals surface area contributed by atoms with E-state index in [2.05, 4.69) is 16.6 Å². The summed E-state index contributed by atoms with van der Waals surface area (Å²) in [6.45, 7) is 3.86. The van der Waals surface area contributed by atoms with Crippen LogP contribution in [0.1, 0.15) is 16.1 Å². The first kappa shape index (κ1) is 16.0. The van der Waals surface area contributed by atoms with E-state index < -0.39 is 10.0 Å². The van der Waals surface area contributed by atoms with Gasteiger partial charge in [-0.3, -0.25) is 4.79 Å². The minimum Gasteiger partial charge on any atom is -0.468 e. The lowest BCUT2D eigenvalue weighted by atomic mass is 10.2. The molecule has 2 aromatic rings. The van der Waals surface area contributed by atoms with Gasteiger partial charge >= 0.3 is 0 Å². The van der Waals surface area contributed by atoms with Gasteiger partial charge in [-0.25, -0.2) is 13.1 Å². The highest BCUT2D eigenvalue weighted by molar-refractivity contribution is 7.89. The maximum Gasteiger partial charge on any atom is 0.251 e. The first-order valence-electron chi connectivity index (χ1n) is 6.54. The van der Waals surface area contributed by atoms with Crippen molar-refractivity contribution in [2.45, 2.75) is 11.4 Å². The molecule has 1 heterocycles. The van der Waals surface area contributed by atoms with E-state index in [-0.39, 0.29) is 22.9 Å². The van der Waals surface area contributed by atoms with E-state index in [1.54, 1.807) is 24.3 Å². The van der Waals surface area contributed by atoms with Gasteiger partial charge < -0.3 is 9.73 Å². The molecule has 0 atom stereocenters. The summed E-state index contributed by atoms with van der Waals surface area (Å²) in [4.78, 5) is 11.9. The average Bonchev–Trinajstić information content (AvgIpc) is 3.04. The van der Waals surface area contributed by atoms with Gasteiger partial charge in [0.2, 0.25) is 10.0 Å². The summed E-state index contributed by atoms with van der Waals surface area (Å²) >= 11 is 0. The fourth-order valence-electron chi connectivity index (χ4n) is 1.73. The van der Waals surface area contributed by atoms with Crippen molar-refractivity contribution in [3.8, 4) is 0 Å². The molecule has 1 amide bonds. The molecule has 0 unspecified atom stereocenters. The molecule has 0 aliphatic heterocycles. The molecule has 0 fully saturated rings. The van der Waals surface area contributed by atoms with E-state index in [0.717, 1.165) is 0 Å². The van der Waals surface area contributed by atoms with Crippen molar-refractivity contribution in [1.82, 2.24) is 10.0 Å². The molecule has 1 aromatic heterocycles. The predicted octanol–water partition coefficient (Wildman–Crippen LogP) is 1.67. The second-order valence-electron chi connectivity index (χ2n) is 4.43. The molecular formula is C15H16N2O4S. The number of hydrogen-bond donors (Lipinski definition) is 2. The third kappa shape index (κ3) is 4.06. The Bertz CT molecular complexity index is 752. The lowest BCUT2D eigenvalue weighted by Gasteiger charge is -2.07. The van der Waals surface area contributed by atoms with Crippen LogP contribution in [0.25, 0.3) is 0 Å². The molecule has 0 radical (unpaired) electrons. The van der Waals surface area contributed by atoms with E-state index in [9.17, 15) is 13.2 Å². The number of hydrogen-bond acceptors (Lipinski definition) is 4. The number of rotatable bonds is 7. The van der Waals surface area contributed by atoms with Crippen LogP contribution in [-0.2, 0) is 16.6 Å². The summed E-state index contributed by atoms with van der Waals surface area (Å²) < 4.78 is 31.9. The highest BCUT2D eigenvalue weighted by Crippen LogP contribution is 2.12. The predicted molar refractivity (Wildman–Crippen MR) is 81.7 cm³/mol. The van der Waals surface area contributed by atoms with Crippen LogP contribution in [0.5, 0.6) is 0 Å². The zero-order chi connectivity index (χ0) is 16.0. The standard InChI is InChI=1S/C15H16N2O4S/c1-2-8-16-15(18)12-5-3-7-14(10-12)22(19,20)17-11-13-6-4-9-21-13/h2-7,9-10,17H,1,8,11H2,(H,16,18). The highest BCUT2D eigenvalue weighted by atomic mass is 32.2. The zero-order valence-corrected chi connectivity index (χ0v) is 12.6. The van der Waals surface area contributed by atoms with Crippen molar-refractivity contribution in [2.24, 2.45) is 0 Å². The molecule has 0 saturated carbocycles. The van der Waals surface area contributed by atoms with Crippen molar-refractivity contribution in [1.29, 1.82) is 0 Å². The summed E-state index contributed by atoms with van der Waals surface area (Å²) in [5, 5.41) is 2.59. The number of sulfonamides is 1. The molecule has 2 N–H and O–H groups in total. The van der Waals surface area contributed by atoms with Gasteiger partial charge in [0.15, 0.2) is 0 Å². The Morgan fingerprint density at radius 3 is 2.77 bits per heavy atom.